The highest BCUT2D eigenvalue weighted by Gasteiger charge is 2.25. The predicted molar refractivity (Wildman–Crippen MR) is 67.5 cm³/mol. The first-order valence-corrected chi connectivity index (χ1v) is 6.01. The summed E-state index contributed by atoms with van der Waals surface area (Å²) < 4.78 is 1.26. The molecule has 90 valence electrons. The Bertz CT molecular complexity index is 392. The molecule has 1 rings (SSSR count). The molecule has 0 fully saturated rings. The van der Waals surface area contributed by atoms with Gasteiger partial charge in [0.2, 0.25) is 5.91 Å². The van der Waals surface area contributed by atoms with Crippen molar-refractivity contribution in [3.8, 4) is 0 Å². The van der Waals surface area contributed by atoms with E-state index >= 15 is 0 Å². The van der Waals surface area contributed by atoms with Gasteiger partial charge in [-0.05, 0) is 27.7 Å². The summed E-state index contributed by atoms with van der Waals surface area (Å²) in [7, 11) is 1.89. The Hall–Kier alpha value is -0.840. The minimum absolute atomic E-state index is 0.0248. The summed E-state index contributed by atoms with van der Waals surface area (Å²) in [5.74, 6) is -0.0248. The summed E-state index contributed by atoms with van der Waals surface area (Å²) in [4.78, 5) is 11.8. The summed E-state index contributed by atoms with van der Waals surface area (Å²) in [6, 6.07) is -0.0296. The Balaban J connectivity index is 2.77. The Morgan fingerprint density at radius 2 is 2.19 bits per heavy atom. The van der Waals surface area contributed by atoms with Crippen LogP contribution in [0.2, 0.25) is 0 Å². The number of aryl methyl sites for hydroxylation is 1. The van der Waals surface area contributed by atoms with Crippen molar-refractivity contribution in [3.63, 3.8) is 0 Å². The molecule has 0 radical (unpaired) electrons. The molecule has 1 amide bonds. The van der Waals surface area contributed by atoms with E-state index < -0.39 is 4.32 Å². The van der Waals surface area contributed by atoms with Gasteiger partial charge in [-0.1, -0.05) is 15.9 Å². The van der Waals surface area contributed by atoms with Crippen LogP contribution in [0.1, 0.15) is 38.1 Å². The number of halogens is 1. The number of carbonyl (C=O) groups is 1. The lowest BCUT2D eigenvalue weighted by Crippen LogP contribution is -2.39. The molecule has 0 saturated heterocycles. The second kappa shape index (κ2) is 4.57. The first-order valence-electron chi connectivity index (χ1n) is 5.22. The van der Waals surface area contributed by atoms with E-state index in [1.807, 2.05) is 34.7 Å². The minimum Gasteiger partial charge on any atom is -0.348 e. The summed E-state index contributed by atoms with van der Waals surface area (Å²) in [6.45, 7) is 7.60. The largest absolute Gasteiger partial charge is 0.348 e. The van der Waals surface area contributed by atoms with E-state index in [0.29, 0.717) is 0 Å². The van der Waals surface area contributed by atoms with E-state index in [9.17, 15) is 4.79 Å². The van der Waals surface area contributed by atoms with Crippen LogP contribution in [0.5, 0.6) is 0 Å². The van der Waals surface area contributed by atoms with E-state index in [1.54, 1.807) is 10.9 Å². The zero-order valence-corrected chi connectivity index (χ0v) is 11.9. The van der Waals surface area contributed by atoms with Gasteiger partial charge in [0.15, 0.2) is 0 Å². The highest BCUT2D eigenvalue weighted by molar-refractivity contribution is 9.10. The Morgan fingerprint density at radius 1 is 1.62 bits per heavy atom. The van der Waals surface area contributed by atoms with Crippen LogP contribution in [0.15, 0.2) is 6.20 Å². The van der Waals surface area contributed by atoms with Crippen molar-refractivity contribution in [1.82, 2.24) is 15.1 Å². The number of aromatic nitrogens is 2. The number of rotatable bonds is 3. The van der Waals surface area contributed by atoms with Crippen LogP contribution in [0, 0.1) is 6.92 Å². The van der Waals surface area contributed by atoms with Gasteiger partial charge >= 0.3 is 0 Å². The Kier molecular flexibility index (Phi) is 3.78. The molecular formula is C11H18BrN3O. The molecular weight excluding hydrogens is 270 g/mol. The number of alkyl halides is 1. The molecule has 16 heavy (non-hydrogen) atoms. The van der Waals surface area contributed by atoms with Gasteiger partial charge in [-0.3, -0.25) is 9.48 Å². The molecule has 1 unspecified atom stereocenters. The molecule has 1 atom stereocenters. The van der Waals surface area contributed by atoms with Gasteiger partial charge in [-0.2, -0.15) is 5.10 Å². The fraction of sp³-hybridized carbons (Fsp3) is 0.636. The Morgan fingerprint density at radius 3 is 2.56 bits per heavy atom. The van der Waals surface area contributed by atoms with E-state index in [-0.39, 0.29) is 11.9 Å². The number of hydrogen-bond acceptors (Lipinski definition) is 2. The van der Waals surface area contributed by atoms with Gasteiger partial charge in [0.05, 0.1) is 16.6 Å². The third-order valence-electron chi connectivity index (χ3n) is 2.63. The minimum atomic E-state index is -0.544. The first-order chi connectivity index (χ1) is 7.23. The van der Waals surface area contributed by atoms with Gasteiger partial charge in [0.1, 0.15) is 0 Å². The van der Waals surface area contributed by atoms with Crippen molar-refractivity contribution in [3.05, 3.63) is 17.5 Å². The molecule has 0 aromatic carbocycles. The number of carbonyl (C=O) groups excluding carboxylic acids is 1. The predicted octanol–water partition coefficient (Wildman–Crippen LogP) is 2.08. The standard InChI is InChI=1S/C11H18BrN3O/c1-7(14-10(16)11(3,4)12)9-6-13-15(5)8(9)2/h6-7H,1-5H3,(H,14,16). The van der Waals surface area contributed by atoms with Gasteiger partial charge in [0.25, 0.3) is 0 Å². The van der Waals surface area contributed by atoms with Gasteiger partial charge < -0.3 is 5.32 Å². The molecule has 0 saturated carbocycles. The second-order valence-corrected chi connectivity index (χ2v) is 6.46. The third kappa shape index (κ3) is 2.84. The van der Waals surface area contributed by atoms with Crippen molar-refractivity contribution in [2.24, 2.45) is 7.05 Å². The quantitative estimate of drug-likeness (QED) is 0.866. The van der Waals surface area contributed by atoms with Crippen molar-refractivity contribution in [2.45, 2.75) is 38.1 Å². The third-order valence-corrected chi connectivity index (χ3v) is 2.99. The monoisotopic (exact) mass is 287 g/mol. The summed E-state index contributed by atoms with van der Waals surface area (Å²) >= 11 is 3.34. The number of hydrogen-bond donors (Lipinski definition) is 1. The molecule has 1 heterocycles. The topological polar surface area (TPSA) is 46.9 Å². The highest BCUT2D eigenvalue weighted by Crippen LogP contribution is 2.20. The smallest absolute Gasteiger partial charge is 0.236 e. The van der Waals surface area contributed by atoms with E-state index in [1.165, 1.54) is 0 Å². The zero-order valence-electron chi connectivity index (χ0n) is 10.3. The van der Waals surface area contributed by atoms with Crippen LogP contribution in [-0.2, 0) is 11.8 Å². The van der Waals surface area contributed by atoms with Gasteiger partial charge in [-0.15, -0.1) is 0 Å². The van der Waals surface area contributed by atoms with Crippen LogP contribution in [0.4, 0.5) is 0 Å². The lowest BCUT2D eigenvalue weighted by atomic mass is 10.1. The molecule has 0 spiro atoms. The summed E-state index contributed by atoms with van der Waals surface area (Å²) in [5, 5.41) is 7.11. The Labute approximate surface area is 105 Å². The maximum atomic E-state index is 11.8. The molecule has 5 heteroatoms. The summed E-state index contributed by atoms with van der Waals surface area (Å²) in [5.41, 5.74) is 2.12. The maximum absolute atomic E-state index is 11.8. The molecule has 1 aromatic rings. The number of amides is 1. The van der Waals surface area contributed by atoms with Crippen LogP contribution in [0.3, 0.4) is 0 Å². The average molecular weight is 288 g/mol. The molecule has 4 nitrogen and oxygen atoms in total. The van der Waals surface area contributed by atoms with Crippen molar-refractivity contribution >= 4 is 21.8 Å². The lowest BCUT2D eigenvalue weighted by Gasteiger charge is -2.20. The summed E-state index contributed by atoms with van der Waals surface area (Å²) in [6.07, 6.45) is 1.79. The van der Waals surface area contributed by atoms with Crippen molar-refractivity contribution in [2.75, 3.05) is 0 Å². The van der Waals surface area contributed by atoms with Gasteiger partial charge in [0, 0.05) is 18.3 Å². The fourth-order valence-corrected chi connectivity index (χ4v) is 1.50. The highest BCUT2D eigenvalue weighted by atomic mass is 79.9. The molecule has 0 aliphatic heterocycles. The number of nitrogens with one attached hydrogen (secondary N) is 1. The molecule has 0 bridgehead atoms. The molecule has 0 aliphatic carbocycles. The number of nitrogens with zero attached hydrogens (tertiary/aromatic N) is 2. The fourth-order valence-electron chi connectivity index (χ4n) is 1.39. The van der Waals surface area contributed by atoms with E-state index in [4.69, 9.17) is 0 Å². The van der Waals surface area contributed by atoms with Crippen LogP contribution < -0.4 is 5.32 Å². The maximum Gasteiger partial charge on any atom is 0.236 e. The van der Waals surface area contributed by atoms with Crippen LogP contribution in [0.25, 0.3) is 0 Å². The molecule has 1 aromatic heterocycles. The zero-order chi connectivity index (χ0) is 12.5. The second-order valence-electron chi connectivity index (χ2n) is 4.48. The molecule has 1 N–H and O–H groups in total. The first kappa shape index (κ1) is 13.2. The van der Waals surface area contributed by atoms with E-state index in [2.05, 4.69) is 26.3 Å². The van der Waals surface area contributed by atoms with Crippen LogP contribution >= 0.6 is 15.9 Å². The van der Waals surface area contributed by atoms with Crippen LogP contribution in [-0.4, -0.2) is 20.0 Å². The van der Waals surface area contributed by atoms with Crippen molar-refractivity contribution < 1.29 is 4.79 Å². The van der Waals surface area contributed by atoms with E-state index in [0.717, 1.165) is 11.3 Å². The van der Waals surface area contributed by atoms with Gasteiger partial charge in [-0.25, -0.2) is 0 Å². The normalized spacial score (nSPS) is 13.6. The van der Waals surface area contributed by atoms with Crippen molar-refractivity contribution in [1.29, 1.82) is 0 Å². The molecule has 0 aliphatic rings. The SMILES string of the molecule is Cc1c(C(C)NC(=O)C(C)(C)Br)cnn1C. The average Bonchev–Trinajstić information content (AvgIpc) is 2.46. The lowest BCUT2D eigenvalue weighted by molar-refractivity contribution is -0.123.